The van der Waals surface area contributed by atoms with Crippen LogP contribution in [0.3, 0.4) is 0 Å². The Morgan fingerprint density at radius 1 is 0.967 bits per heavy atom. The molecule has 1 N–H and O–H groups in total. The van der Waals surface area contributed by atoms with Crippen molar-refractivity contribution >= 4 is 5.91 Å². The number of hydrogen-bond acceptors (Lipinski definition) is 3. The van der Waals surface area contributed by atoms with Crippen LogP contribution in [0, 0.1) is 5.82 Å². The number of nitrogens with one attached hydrogen (secondary N) is 1. The van der Waals surface area contributed by atoms with Gasteiger partial charge >= 0.3 is 0 Å². The Balaban J connectivity index is 1.41. The molecule has 30 heavy (non-hydrogen) atoms. The number of benzene rings is 2. The molecule has 2 aromatic heterocycles. The number of fused-ring (bicyclic) bond motifs is 1. The average molecular weight is 398 g/mol. The van der Waals surface area contributed by atoms with E-state index in [0.717, 1.165) is 39.8 Å². The maximum absolute atomic E-state index is 13.5. The maximum Gasteiger partial charge on any atom is 0.255 e. The summed E-state index contributed by atoms with van der Waals surface area (Å²) in [6.07, 6.45) is 3.18. The SMILES string of the molecule is O=C(c1cncc(F)c1)N1CCc2[nH]nc(-c3ccc(-c4ccccc4)cc3)c2C1. The molecule has 0 radical (unpaired) electrons. The van der Waals surface area contributed by atoms with Gasteiger partial charge in [-0.2, -0.15) is 5.10 Å². The molecule has 1 aliphatic heterocycles. The number of pyridine rings is 1. The molecule has 5 nitrogen and oxygen atoms in total. The molecule has 6 heteroatoms. The highest BCUT2D eigenvalue weighted by molar-refractivity contribution is 5.94. The highest BCUT2D eigenvalue weighted by Crippen LogP contribution is 2.30. The second-order valence-electron chi connectivity index (χ2n) is 7.34. The summed E-state index contributed by atoms with van der Waals surface area (Å²) in [6.45, 7) is 0.980. The molecule has 1 aliphatic rings. The number of aromatic nitrogens is 3. The van der Waals surface area contributed by atoms with Crippen LogP contribution < -0.4 is 0 Å². The van der Waals surface area contributed by atoms with E-state index < -0.39 is 5.82 Å². The Kier molecular flexibility index (Phi) is 4.59. The molecule has 0 saturated carbocycles. The third-order valence-electron chi connectivity index (χ3n) is 5.44. The van der Waals surface area contributed by atoms with E-state index in [1.165, 1.54) is 12.3 Å². The van der Waals surface area contributed by atoms with E-state index >= 15 is 0 Å². The molecular formula is C24H19FN4O. The summed E-state index contributed by atoms with van der Waals surface area (Å²) in [5.74, 6) is -0.736. The molecule has 0 bridgehead atoms. The normalized spacial score (nSPS) is 13.2. The standard InChI is InChI=1S/C24H19FN4O/c25-20-12-19(13-26-14-20)24(30)29-11-10-22-21(15-29)23(28-27-22)18-8-6-17(7-9-18)16-4-2-1-3-5-16/h1-9,12-14H,10-11,15H2,(H,27,28). The first kappa shape index (κ1) is 18.2. The second kappa shape index (κ2) is 7.55. The minimum Gasteiger partial charge on any atom is -0.334 e. The van der Waals surface area contributed by atoms with Crippen molar-refractivity contribution in [3.8, 4) is 22.4 Å². The highest BCUT2D eigenvalue weighted by Gasteiger charge is 2.26. The van der Waals surface area contributed by atoms with Gasteiger partial charge < -0.3 is 4.90 Å². The number of hydrogen-bond donors (Lipinski definition) is 1. The number of halogens is 1. The van der Waals surface area contributed by atoms with Crippen LogP contribution in [0.25, 0.3) is 22.4 Å². The number of amides is 1. The van der Waals surface area contributed by atoms with Crippen LogP contribution in [0.15, 0.2) is 73.1 Å². The lowest BCUT2D eigenvalue weighted by molar-refractivity contribution is 0.0733. The van der Waals surface area contributed by atoms with Crippen molar-refractivity contribution in [3.05, 3.63) is 95.7 Å². The van der Waals surface area contributed by atoms with Gasteiger partial charge in [0.15, 0.2) is 0 Å². The molecule has 0 fully saturated rings. The first-order valence-electron chi connectivity index (χ1n) is 9.81. The van der Waals surface area contributed by atoms with E-state index in [1.54, 1.807) is 4.90 Å². The van der Waals surface area contributed by atoms with Crippen molar-refractivity contribution in [2.24, 2.45) is 0 Å². The molecule has 5 rings (SSSR count). The fraction of sp³-hybridized carbons (Fsp3) is 0.125. The van der Waals surface area contributed by atoms with Crippen molar-refractivity contribution in [3.63, 3.8) is 0 Å². The Bertz CT molecular complexity index is 1200. The fourth-order valence-electron chi connectivity index (χ4n) is 3.87. The summed E-state index contributed by atoms with van der Waals surface area (Å²) < 4.78 is 13.5. The summed E-state index contributed by atoms with van der Waals surface area (Å²) >= 11 is 0. The maximum atomic E-state index is 13.5. The van der Waals surface area contributed by atoms with E-state index in [2.05, 4.69) is 51.6 Å². The third-order valence-corrected chi connectivity index (χ3v) is 5.44. The second-order valence-corrected chi connectivity index (χ2v) is 7.34. The van der Waals surface area contributed by atoms with Crippen LogP contribution in [0.5, 0.6) is 0 Å². The van der Waals surface area contributed by atoms with Crippen LogP contribution in [0.4, 0.5) is 4.39 Å². The van der Waals surface area contributed by atoms with Gasteiger partial charge in [-0.05, 0) is 17.2 Å². The van der Waals surface area contributed by atoms with E-state index in [4.69, 9.17) is 0 Å². The molecule has 3 heterocycles. The van der Waals surface area contributed by atoms with Crippen molar-refractivity contribution in [2.75, 3.05) is 6.54 Å². The molecule has 1 amide bonds. The zero-order valence-corrected chi connectivity index (χ0v) is 16.2. The summed E-state index contributed by atoms with van der Waals surface area (Å²) in [5, 5.41) is 7.63. The fourth-order valence-corrected chi connectivity index (χ4v) is 3.87. The molecule has 0 aliphatic carbocycles. The van der Waals surface area contributed by atoms with Crippen molar-refractivity contribution in [1.82, 2.24) is 20.1 Å². The molecule has 0 saturated heterocycles. The largest absolute Gasteiger partial charge is 0.334 e. The van der Waals surface area contributed by atoms with Gasteiger partial charge in [0.05, 0.1) is 17.5 Å². The Hall–Kier alpha value is -3.80. The van der Waals surface area contributed by atoms with Gasteiger partial charge in [-0.15, -0.1) is 0 Å². The highest BCUT2D eigenvalue weighted by atomic mass is 19.1. The summed E-state index contributed by atoms with van der Waals surface area (Å²) in [4.78, 5) is 18.3. The molecule has 2 aromatic carbocycles. The molecular weight excluding hydrogens is 379 g/mol. The summed E-state index contributed by atoms with van der Waals surface area (Å²) in [5.41, 5.74) is 6.45. The Morgan fingerprint density at radius 2 is 1.70 bits per heavy atom. The molecule has 4 aromatic rings. The van der Waals surface area contributed by atoms with Crippen LogP contribution >= 0.6 is 0 Å². The Morgan fingerprint density at radius 3 is 2.47 bits per heavy atom. The lowest BCUT2D eigenvalue weighted by Gasteiger charge is -2.27. The predicted octanol–water partition coefficient (Wildman–Crippen LogP) is 4.48. The minimum atomic E-state index is -0.513. The van der Waals surface area contributed by atoms with Crippen molar-refractivity contribution in [1.29, 1.82) is 0 Å². The van der Waals surface area contributed by atoms with Gasteiger partial charge in [0, 0.05) is 42.5 Å². The Labute approximate surface area is 173 Å². The van der Waals surface area contributed by atoms with E-state index in [-0.39, 0.29) is 11.5 Å². The van der Waals surface area contributed by atoms with Gasteiger partial charge in [0.1, 0.15) is 5.82 Å². The molecule has 0 unspecified atom stereocenters. The zero-order valence-electron chi connectivity index (χ0n) is 16.2. The zero-order chi connectivity index (χ0) is 20.5. The predicted molar refractivity (Wildman–Crippen MR) is 112 cm³/mol. The lowest BCUT2D eigenvalue weighted by Crippen LogP contribution is -2.36. The van der Waals surface area contributed by atoms with E-state index in [0.29, 0.717) is 19.5 Å². The topological polar surface area (TPSA) is 61.9 Å². The minimum absolute atomic E-state index is 0.223. The van der Waals surface area contributed by atoms with Gasteiger partial charge in [0.2, 0.25) is 0 Å². The van der Waals surface area contributed by atoms with Crippen molar-refractivity contribution in [2.45, 2.75) is 13.0 Å². The van der Waals surface area contributed by atoms with Crippen LogP contribution in [-0.4, -0.2) is 32.5 Å². The quantitative estimate of drug-likeness (QED) is 0.554. The van der Waals surface area contributed by atoms with Gasteiger partial charge in [-0.25, -0.2) is 4.39 Å². The summed E-state index contributed by atoms with van der Waals surface area (Å²) in [7, 11) is 0. The van der Waals surface area contributed by atoms with Crippen LogP contribution in [0.1, 0.15) is 21.6 Å². The molecule has 148 valence electrons. The van der Waals surface area contributed by atoms with E-state index in [9.17, 15) is 9.18 Å². The monoisotopic (exact) mass is 398 g/mol. The number of nitrogens with zero attached hydrogens (tertiary/aromatic N) is 3. The summed E-state index contributed by atoms with van der Waals surface area (Å²) in [6, 6.07) is 19.7. The van der Waals surface area contributed by atoms with Crippen LogP contribution in [0.2, 0.25) is 0 Å². The number of rotatable bonds is 3. The number of carbonyl (C=O) groups is 1. The number of carbonyl (C=O) groups excluding carboxylic acids is 1. The molecule has 0 spiro atoms. The number of H-pyrrole nitrogens is 1. The first-order valence-corrected chi connectivity index (χ1v) is 9.81. The average Bonchev–Trinajstić information content (AvgIpc) is 3.22. The van der Waals surface area contributed by atoms with E-state index in [1.807, 2.05) is 18.2 Å². The van der Waals surface area contributed by atoms with Gasteiger partial charge in [-0.3, -0.25) is 14.9 Å². The molecule has 0 atom stereocenters. The first-order chi connectivity index (χ1) is 14.7. The van der Waals surface area contributed by atoms with Crippen molar-refractivity contribution < 1.29 is 9.18 Å². The smallest absolute Gasteiger partial charge is 0.255 e. The van der Waals surface area contributed by atoms with Gasteiger partial charge in [-0.1, -0.05) is 54.6 Å². The lowest BCUT2D eigenvalue weighted by atomic mass is 9.98. The third kappa shape index (κ3) is 3.37. The van der Waals surface area contributed by atoms with Gasteiger partial charge in [0.25, 0.3) is 5.91 Å². The van der Waals surface area contributed by atoms with Crippen LogP contribution in [-0.2, 0) is 13.0 Å². The number of aromatic amines is 1.